The Morgan fingerprint density at radius 1 is 1.39 bits per heavy atom. The normalized spacial score (nSPS) is 25.5. The summed E-state index contributed by atoms with van der Waals surface area (Å²) in [6.07, 6.45) is 3.77. The van der Waals surface area contributed by atoms with E-state index in [1.54, 1.807) is 30.0 Å². The van der Waals surface area contributed by atoms with Gasteiger partial charge in [-0.2, -0.15) is 0 Å². The number of anilines is 1. The molecule has 0 bridgehead atoms. The third-order valence-electron chi connectivity index (χ3n) is 5.99. The molecule has 1 aromatic carbocycles. The molecule has 3 heterocycles. The second-order valence-electron chi connectivity index (χ2n) is 8.56. The fraction of sp³-hybridized carbons (Fsp3) is 0.391. The van der Waals surface area contributed by atoms with Crippen LogP contribution in [0.5, 0.6) is 0 Å². The minimum absolute atomic E-state index is 0.0423. The van der Waals surface area contributed by atoms with Gasteiger partial charge in [-0.15, -0.1) is 0 Å². The molecule has 0 saturated carbocycles. The molecule has 0 radical (unpaired) electrons. The summed E-state index contributed by atoms with van der Waals surface area (Å²) in [6, 6.07) is 6.09. The lowest BCUT2D eigenvalue weighted by molar-refractivity contribution is -0.133. The molecular formula is C23H25ClFN5O3. The predicted molar refractivity (Wildman–Crippen MR) is 122 cm³/mol. The molecule has 2 aliphatic heterocycles. The molecular weight excluding hydrogens is 449 g/mol. The number of amides is 2. The van der Waals surface area contributed by atoms with E-state index < -0.39 is 17.3 Å². The van der Waals surface area contributed by atoms with Gasteiger partial charge in [0, 0.05) is 24.4 Å². The summed E-state index contributed by atoms with van der Waals surface area (Å²) in [7, 11) is 0. The SMILES string of the molecule is C[C@@H]1C[C@H](N2C(=O)C[C@@](C)(c3cccc(NC(=O)c4cncc(F)c4)c3Cl)N=C2N)CCO1. The van der Waals surface area contributed by atoms with Gasteiger partial charge in [0.05, 0.1) is 40.5 Å². The third-order valence-corrected chi connectivity index (χ3v) is 6.40. The first-order chi connectivity index (χ1) is 15.7. The van der Waals surface area contributed by atoms with E-state index in [9.17, 15) is 14.0 Å². The number of ether oxygens (including phenoxy) is 1. The maximum Gasteiger partial charge on any atom is 0.257 e. The molecule has 3 atom stereocenters. The molecule has 2 aliphatic rings. The van der Waals surface area contributed by atoms with E-state index in [2.05, 4.69) is 15.3 Å². The minimum atomic E-state index is -1.01. The van der Waals surface area contributed by atoms with Crippen LogP contribution in [-0.2, 0) is 15.1 Å². The second kappa shape index (κ2) is 9.07. The topological polar surface area (TPSA) is 110 Å². The number of nitrogens with two attached hydrogens (primary N) is 1. The summed E-state index contributed by atoms with van der Waals surface area (Å²) in [6.45, 7) is 4.32. The van der Waals surface area contributed by atoms with Crippen LogP contribution < -0.4 is 11.1 Å². The molecule has 2 amide bonds. The van der Waals surface area contributed by atoms with Crippen LogP contribution in [-0.4, -0.2) is 46.4 Å². The van der Waals surface area contributed by atoms with Gasteiger partial charge in [-0.1, -0.05) is 23.7 Å². The van der Waals surface area contributed by atoms with E-state index in [0.29, 0.717) is 30.7 Å². The Morgan fingerprint density at radius 3 is 2.88 bits per heavy atom. The largest absolute Gasteiger partial charge is 0.378 e. The van der Waals surface area contributed by atoms with E-state index in [4.69, 9.17) is 22.1 Å². The van der Waals surface area contributed by atoms with E-state index in [1.165, 1.54) is 6.20 Å². The van der Waals surface area contributed by atoms with Gasteiger partial charge in [0.2, 0.25) is 5.91 Å². The van der Waals surface area contributed by atoms with Crippen LogP contribution in [0.25, 0.3) is 0 Å². The van der Waals surface area contributed by atoms with Crippen molar-refractivity contribution in [3.63, 3.8) is 0 Å². The highest BCUT2D eigenvalue weighted by Gasteiger charge is 2.42. The number of rotatable bonds is 4. The lowest BCUT2D eigenvalue weighted by Gasteiger charge is -2.41. The highest BCUT2D eigenvalue weighted by Crippen LogP contribution is 2.41. The van der Waals surface area contributed by atoms with Gasteiger partial charge in [0.15, 0.2) is 5.96 Å². The monoisotopic (exact) mass is 473 g/mol. The van der Waals surface area contributed by atoms with Gasteiger partial charge in [-0.25, -0.2) is 9.38 Å². The Hall–Kier alpha value is -3.04. The van der Waals surface area contributed by atoms with Crippen molar-refractivity contribution in [2.45, 2.75) is 50.8 Å². The molecule has 0 spiro atoms. The van der Waals surface area contributed by atoms with Crippen LogP contribution in [0, 0.1) is 5.82 Å². The molecule has 2 aromatic rings. The first-order valence-corrected chi connectivity index (χ1v) is 11.1. The molecule has 4 rings (SSSR count). The van der Waals surface area contributed by atoms with E-state index in [-0.39, 0.29) is 41.0 Å². The molecule has 1 saturated heterocycles. The van der Waals surface area contributed by atoms with E-state index in [1.807, 2.05) is 6.92 Å². The van der Waals surface area contributed by atoms with Crippen molar-refractivity contribution >= 4 is 35.1 Å². The quantitative estimate of drug-likeness (QED) is 0.706. The smallest absolute Gasteiger partial charge is 0.257 e. The molecule has 1 aromatic heterocycles. The second-order valence-corrected chi connectivity index (χ2v) is 8.94. The van der Waals surface area contributed by atoms with Gasteiger partial charge in [-0.3, -0.25) is 19.5 Å². The number of aliphatic imine (C=N–C) groups is 1. The van der Waals surface area contributed by atoms with Crippen LogP contribution in [0.4, 0.5) is 10.1 Å². The van der Waals surface area contributed by atoms with Gasteiger partial charge >= 0.3 is 0 Å². The first-order valence-electron chi connectivity index (χ1n) is 10.7. The van der Waals surface area contributed by atoms with Crippen LogP contribution in [0.1, 0.15) is 49.0 Å². The maximum atomic E-state index is 13.4. The molecule has 10 heteroatoms. The molecule has 0 aliphatic carbocycles. The highest BCUT2D eigenvalue weighted by molar-refractivity contribution is 6.35. The van der Waals surface area contributed by atoms with Crippen molar-refractivity contribution in [3.8, 4) is 0 Å². The van der Waals surface area contributed by atoms with Crippen LogP contribution in [0.15, 0.2) is 41.7 Å². The molecule has 33 heavy (non-hydrogen) atoms. The zero-order valence-electron chi connectivity index (χ0n) is 18.3. The van der Waals surface area contributed by atoms with Crippen LogP contribution in [0.2, 0.25) is 5.02 Å². The number of halogens is 2. The summed E-state index contributed by atoms with van der Waals surface area (Å²) in [5, 5.41) is 2.90. The summed E-state index contributed by atoms with van der Waals surface area (Å²) in [5.74, 6) is -1.18. The number of carbonyl (C=O) groups excluding carboxylic acids is 2. The van der Waals surface area contributed by atoms with Crippen molar-refractivity contribution < 1.29 is 18.7 Å². The molecule has 1 fully saturated rings. The minimum Gasteiger partial charge on any atom is -0.378 e. The molecule has 8 nitrogen and oxygen atoms in total. The number of nitrogens with one attached hydrogen (secondary N) is 1. The van der Waals surface area contributed by atoms with Gasteiger partial charge < -0.3 is 15.8 Å². The van der Waals surface area contributed by atoms with Crippen LogP contribution in [0.3, 0.4) is 0 Å². The van der Waals surface area contributed by atoms with Crippen molar-refractivity contribution in [1.82, 2.24) is 9.88 Å². The van der Waals surface area contributed by atoms with Gasteiger partial charge in [-0.05, 0) is 38.8 Å². The Morgan fingerprint density at radius 2 is 2.18 bits per heavy atom. The number of nitrogens with zero attached hydrogens (tertiary/aromatic N) is 3. The summed E-state index contributed by atoms with van der Waals surface area (Å²) < 4.78 is 19.0. The predicted octanol–water partition coefficient (Wildman–Crippen LogP) is 3.46. The molecule has 0 unspecified atom stereocenters. The number of carbonyl (C=O) groups is 2. The number of hydrogen-bond acceptors (Lipinski definition) is 6. The number of benzene rings is 1. The van der Waals surface area contributed by atoms with Crippen molar-refractivity contribution in [3.05, 3.63) is 58.6 Å². The standard InChI is InChI=1S/C23H25ClFN5O3/c1-13-8-16(6-7-33-13)30-19(31)10-23(2,29-22(30)26)17-4-3-5-18(20(17)24)28-21(32)14-9-15(25)12-27-11-14/h3-5,9,11-13,16H,6-8,10H2,1-2H3,(H2,26,29)(H,28,32)/t13-,16-,23+/m1/s1. The lowest BCUT2D eigenvalue weighted by atomic mass is 9.86. The van der Waals surface area contributed by atoms with Gasteiger partial charge in [0.1, 0.15) is 5.82 Å². The van der Waals surface area contributed by atoms with E-state index >= 15 is 0 Å². The number of aromatic nitrogens is 1. The van der Waals surface area contributed by atoms with E-state index in [0.717, 1.165) is 12.3 Å². The Bertz CT molecular complexity index is 1130. The average Bonchev–Trinajstić information content (AvgIpc) is 2.74. The first kappa shape index (κ1) is 23.1. The molecule has 3 N–H and O–H groups in total. The summed E-state index contributed by atoms with van der Waals surface area (Å²) in [5.41, 5.74) is 6.19. The zero-order chi connectivity index (χ0) is 23.8. The Labute approximate surface area is 196 Å². The van der Waals surface area contributed by atoms with Crippen molar-refractivity contribution in [1.29, 1.82) is 0 Å². The Balaban J connectivity index is 1.61. The summed E-state index contributed by atoms with van der Waals surface area (Å²) >= 11 is 6.64. The zero-order valence-corrected chi connectivity index (χ0v) is 19.1. The van der Waals surface area contributed by atoms with Crippen LogP contribution >= 0.6 is 11.6 Å². The summed E-state index contributed by atoms with van der Waals surface area (Å²) in [4.78, 5) is 35.6. The number of guanidine groups is 1. The molecule has 174 valence electrons. The number of pyridine rings is 1. The third kappa shape index (κ3) is 4.69. The van der Waals surface area contributed by atoms with Crippen molar-refractivity contribution in [2.24, 2.45) is 10.7 Å². The van der Waals surface area contributed by atoms with Gasteiger partial charge in [0.25, 0.3) is 5.91 Å². The highest BCUT2D eigenvalue weighted by atomic mass is 35.5. The number of hydrogen-bond donors (Lipinski definition) is 2. The Kier molecular flexibility index (Phi) is 6.36. The lowest BCUT2D eigenvalue weighted by Crippen LogP contribution is -2.56. The fourth-order valence-electron chi connectivity index (χ4n) is 4.38. The fourth-order valence-corrected chi connectivity index (χ4v) is 4.76. The maximum absolute atomic E-state index is 13.4. The average molecular weight is 474 g/mol. The van der Waals surface area contributed by atoms with Crippen molar-refractivity contribution in [2.75, 3.05) is 11.9 Å².